The van der Waals surface area contributed by atoms with E-state index in [0.29, 0.717) is 0 Å². The molecule has 3 heterocycles. The number of imidazole rings is 1. The van der Waals surface area contributed by atoms with Crippen molar-refractivity contribution in [2.45, 2.75) is 30.6 Å². The van der Waals surface area contributed by atoms with Crippen LogP contribution in [-0.4, -0.2) is 53.8 Å². The van der Waals surface area contributed by atoms with Crippen molar-refractivity contribution in [3.8, 4) is 0 Å². The van der Waals surface area contributed by atoms with E-state index in [1.165, 1.54) is 6.92 Å². The maximum absolute atomic E-state index is 14.6. The van der Waals surface area contributed by atoms with E-state index < -0.39 is 35.9 Å². The average molecular weight is 340 g/mol. The number of H-pyrrole nitrogens is 1. The molecule has 0 saturated carbocycles. The van der Waals surface area contributed by atoms with Gasteiger partial charge in [0.15, 0.2) is 17.4 Å². The predicted molar refractivity (Wildman–Crippen MR) is 77.2 cm³/mol. The van der Waals surface area contributed by atoms with Gasteiger partial charge in [-0.1, -0.05) is 5.11 Å². The van der Waals surface area contributed by atoms with Gasteiger partial charge in [0.2, 0.25) is 5.95 Å². The highest BCUT2D eigenvalue weighted by molar-refractivity contribution is 5.70. The molecule has 12 nitrogen and oxygen atoms in total. The number of ether oxygens (including phenoxy) is 1. The van der Waals surface area contributed by atoms with Crippen LogP contribution in [-0.2, 0) is 4.74 Å². The lowest BCUT2D eigenvalue weighted by molar-refractivity contribution is -0.206. The lowest BCUT2D eigenvalue weighted by Crippen LogP contribution is -2.47. The zero-order chi connectivity index (χ0) is 17.7. The fraction of sp³-hybridized carbons (Fsp3) is 0.545. The molecule has 5 N–H and O–H groups in total. The van der Waals surface area contributed by atoms with Gasteiger partial charge in [0, 0.05) is 4.91 Å². The zero-order valence-corrected chi connectivity index (χ0v) is 12.3. The highest BCUT2D eigenvalue weighted by atomic mass is 19.2. The van der Waals surface area contributed by atoms with E-state index in [-0.39, 0.29) is 17.1 Å². The zero-order valence-electron chi connectivity index (χ0n) is 12.3. The number of nitrogen functional groups attached to an aromatic ring is 1. The van der Waals surface area contributed by atoms with Gasteiger partial charge in [0.25, 0.3) is 11.4 Å². The van der Waals surface area contributed by atoms with Crippen LogP contribution in [0.25, 0.3) is 21.6 Å². The molecule has 4 atom stereocenters. The van der Waals surface area contributed by atoms with E-state index in [9.17, 15) is 19.4 Å². The molecule has 0 amide bonds. The number of fused-ring (bicyclic) bond motifs is 1. The summed E-state index contributed by atoms with van der Waals surface area (Å²) in [6.07, 6.45) is -2.30. The van der Waals surface area contributed by atoms with Crippen LogP contribution in [0.15, 0.2) is 16.2 Å². The SMILES string of the molecule is C[C@]1(N=[N+]=[N-])[C@H](n2cnc3c(=O)[nH]c(N)nc32)O[C@](F)(CO)[C@H]1O. The van der Waals surface area contributed by atoms with Gasteiger partial charge in [-0.05, 0) is 12.5 Å². The number of anilines is 1. The molecule has 1 saturated heterocycles. The molecule has 24 heavy (non-hydrogen) atoms. The van der Waals surface area contributed by atoms with E-state index in [1.54, 1.807) is 0 Å². The molecule has 2 aromatic heterocycles. The minimum absolute atomic E-state index is 0.0602. The van der Waals surface area contributed by atoms with Crippen molar-refractivity contribution in [1.29, 1.82) is 0 Å². The molecule has 0 spiro atoms. The maximum atomic E-state index is 14.6. The van der Waals surface area contributed by atoms with Crippen molar-refractivity contribution in [3.63, 3.8) is 0 Å². The summed E-state index contributed by atoms with van der Waals surface area (Å²) in [7, 11) is 0. The number of aromatic nitrogens is 4. The Labute approximate surface area is 132 Å². The van der Waals surface area contributed by atoms with Crippen molar-refractivity contribution in [2.24, 2.45) is 5.11 Å². The van der Waals surface area contributed by atoms with E-state index in [1.807, 2.05) is 0 Å². The molecule has 0 unspecified atom stereocenters. The minimum atomic E-state index is -2.88. The summed E-state index contributed by atoms with van der Waals surface area (Å²) in [6, 6.07) is 0. The Morgan fingerprint density at radius 3 is 3.04 bits per heavy atom. The molecule has 0 bridgehead atoms. The van der Waals surface area contributed by atoms with Gasteiger partial charge in [0.05, 0.1) is 6.33 Å². The number of nitrogens with one attached hydrogen (secondary N) is 1. The molecule has 1 fully saturated rings. The highest BCUT2D eigenvalue weighted by Gasteiger charge is 2.63. The number of aromatic amines is 1. The fourth-order valence-corrected chi connectivity index (χ4v) is 2.72. The lowest BCUT2D eigenvalue weighted by atomic mass is 9.92. The van der Waals surface area contributed by atoms with Gasteiger partial charge < -0.3 is 20.7 Å². The van der Waals surface area contributed by atoms with Crippen LogP contribution < -0.4 is 11.3 Å². The van der Waals surface area contributed by atoms with Gasteiger partial charge >= 0.3 is 0 Å². The Morgan fingerprint density at radius 1 is 1.71 bits per heavy atom. The molecule has 0 radical (unpaired) electrons. The first kappa shape index (κ1) is 16.1. The summed E-state index contributed by atoms with van der Waals surface area (Å²) in [5.74, 6) is -3.09. The number of azide groups is 1. The van der Waals surface area contributed by atoms with Crippen LogP contribution >= 0.6 is 0 Å². The second-order valence-corrected chi connectivity index (χ2v) is 5.51. The molecule has 0 aromatic carbocycles. The van der Waals surface area contributed by atoms with Crippen LogP contribution in [0.4, 0.5) is 10.3 Å². The number of aliphatic hydroxyl groups excluding tert-OH is 2. The van der Waals surface area contributed by atoms with Crippen LogP contribution in [0.1, 0.15) is 13.2 Å². The van der Waals surface area contributed by atoms with Gasteiger partial charge in [-0.25, -0.2) is 9.37 Å². The normalized spacial score (nSPS) is 32.8. The van der Waals surface area contributed by atoms with Gasteiger partial charge in [-0.2, -0.15) is 4.98 Å². The molecular weight excluding hydrogens is 327 g/mol. The lowest BCUT2D eigenvalue weighted by Gasteiger charge is -2.27. The van der Waals surface area contributed by atoms with E-state index >= 15 is 0 Å². The number of nitrogens with two attached hydrogens (primary N) is 1. The highest BCUT2D eigenvalue weighted by Crippen LogP contribution is 2.48. The Balaban J connectivity index is 2.24. The quantitative estimate of drug-likeness (QED) is 0.323. The summed E-state index contributed by atoms with van der Waals surface area (Å²) in [5.41, 5.74) is 11.6. The minimum Gasteiger partial charge on any atom is -0.390 e. The summed E-state index contributed by atoms with van der Waals surface area (Å²) < 4.78 is 20.8. The van der Waals surface area contributed by atoms with Gasteiger partial charge in [-0.3, -0.25) is 14.3 Å². The van der Waals surface area contributed by atoms with E-state index in [2.05, 4.69) is 25.0 Å². The standard InChI is InChI=1S/C11H13FN8O4/c1-10(18-19-14)7(23)11(12,2-21)24-8(10)20-3-15-4-5(20)16-9(13)17-6(4)22/h3,7-8,21,23H,2H2,1H3,(H3,13,16,17,22)/t7-,8+,10+,11+/m0/s1. The smallest absolute Gasteiger partial charge is 0.280 e. The van der Waals surface area contributed by atoms with Crippen LogP contribution in [0.3, 0.4) is 0 Å². The molecule has 2 aromatic rings. The Morgan fingerprint density at radius 2 is 2.42 bits per heavy atom. The first-order chi connectivity index (χ1) is 11.3. The van der Waals surface area contributed by atoms with Crippen LogP contribution in [0.2, 0.25) is 0 Å². The van der Waals surface area contributed by atoms with E-state index in [4.69, 9.17) is 16.0 Å². The number of halogens is 1. The Hall–Kier alpha value is -2.73. The Bertz CT molecular complexity index is 907. The van der Waals surface area contributed by atoms with Crippen LogP contribution in [0, 0.1) is 0 Å². The van der Waals surface area contributed by atoms with Crippen molar-refractivity contribution < 1.29 is 19.3 Å². The number of hydrogen-bond donors (Lipinski definition) is 4. The third-order valence-corrected chi connectivity index (χ3v) is 3.95. The number of aliphatic hydroxyl groups is 2. The summed E-state index contributed by atoms with van der Waals surface area (Å²) in [5, 5.41) is 22.8. The molecule has 13 heteroatoms. The molecule has 1 aliphatic rings. The van der Waals surface area contributed by atoms with Crippen molar-refractivity contribution in [2.75, 3.05) is 12.3 Å². The number of nitrogens with zero attached hydrogens (tertiary/aromatic N) is 6. The fourth-order valence-electron chi connectivity index (χ4n) is 2.72. The first-order valence-electron chi connectivity index (χ1n) is 6.71. The third-order valence-electron chi connectivity index (χ3n) is 3.95. The monoisotopic (exact) mass is 340 g/mol. The second kappa shape index (κ2) is 5.14. The molecular formula is C11H13FN8O4. The van der Waals surface area contributed by atoms with E-state index in [0.717, 1.165) is 10.9 Å². The van der Waals surface area contributed by atoms with Crippen LogP contribution in [0.5, 0.6) is 0 Å². The molecule has 128 valence electrons. The van der Waals surface area contributed by atoms with Gasteiger partial charge in [0.1, 0.15) is 18.2 Å². The van der Waals surface area contributed by atoms with Crippen molar-refractivity contribution in [1.82, 2.24) is 19.5 Å². The van der Waals surface area contributed by atoms with Gasteiger partial charge in [-0.15, -0.1) is 0 Å². The molecule has 1 aliphatic heterocycles. The third kappa shape index (κ3) is 2.03. The molecule has 0 aliphatic carbocycles. The number of alkyl halides is 1. The summed E-state index contributed by atoms with van der Waals surface area (Å²) >= 11 is 0. The number of hydrogen-bond acceptors (Lipinski definition) is 8. The van der Waals surface area contributed by atoms with Crippen molar-refractivity contribution in [3.05, 3.63) is 27.1 Å². The predicted octanol–water partition coefficient (Wildman–Crippen LogP) is -0.681. The second-order valence-electron chi connectivity index (χ2n) is 5.51. The summed E-state index contributed by atoms with van der Waals surface area (Å²) in [6.45, 7) is 0.0609. The average Bonchev–Trinajstić information content (AvgIpc) is 3.02. The summed E-state index contributed by atoms with van der Waals surface area (Å²) in [4.78, 5) is 24.4. The first-order valence-corrected chi connectivity index (χ1v) is 6.71. The number of rotatable bonds is 3. The maximum Gasteiger partial charge on any atom is 0.280 e. The largest absolute Gasteiger partial charge is 0.390 e. The Kier molecular flexibility index (Phi) is 3.46. The topological polar surface area (TPSA) is 188 Å². The molecule has 3 rings (SSSR count). The van der Waals surface area contributed by atoms with Crippen molar-refractivity contribution >= 4 is 17.1 Å².